The van der Waals surface area contributed by atoms with Crippen LogP contribution in [0.2, 0.25) is 0 Å². The summed E-state index contributed by atoms with van der Waals surface area (Å²) in [5.41, 5.74) is 2.25. The predicted octanol–water partition coefficient (Wildman–Crippen LogP) is 4.57. The lowest BCUT2D eigenvalue weighted by molar-refractivity contribution is -0.116. The van der Waals surface area contributed by atoms with Crippen molar-refractivity contribution >= 4 is 11.6 Å². The van der Waals surface area contributed by atoms with Crippen LogP contribution in [0.3, 0.4) is 0 Å². The van der Waals surface area contributed by atoms with Gasteiger partial charge in [0.1, 0.15) is 0 Å². The average Bonchev–Trinajstić information content (AvgIpc) is 2.82. The van der Waals surface area contributed by atoms with Crippen molar-refractivity contribution in [3.05, 3.63) is 60.4 Å². The molecule has 3 fully saturated rings. The van der Waals surface area contributed by atoms with E-state index in [1.54, 1.807) is 12.4 Å². The maximum absolute atomic E-state index is 12.5. The zero-order valence-electron chi connectivity index (χ0n) is 19.0. The molecule has 4 atom stereocenters. The number of hydrogen-bond acceptors (Lipinski definition) is 4. The van der Waals surface area contributed by atoms with E-state index in [9.17, 15) is 4.79 Å². The molecular formula is C27H36N4O. The lowest BCUT2D eigenvalue weighted by Crippen LogP contribution is -2.64. The second-order valence-electron chi connectivity index (χ2n) is 9.89. The number of carbonyl (C=O) groups excluding carboxylic acids is 1. The van der Waals surface area contributed by atoms with Crippen LogP contribution < -0.4 is 5.32 Å². The van der Waals surface area contributed by atoms with Gasteiger partial charge in [-0.1, -0.05) is 30.3 Å². The molecule has 5 heteroatoms. The minimum Gasteiger partial charge on any atom is -0.326 e. The predicted molar refractivity (Wildman–Crippen MR) is 128 cm³/mol. The molecule has 4 heterocycles. The Morgan fingerprint density at radius 2 is 1.81 bits per heavy atom. The SMILES string of the molecule is O=C(CCC[C@@H]1[C@H]2CCCN3CCC[C@@H](CN1Cc1ccccc1)[C@@H]23)Nc1ccncc1. The third kappa shape index (κ3) is 4.89. The Hall–Kier alpha value is -2.24. The van der Waals surface area contributed by atoms with Crippen molar-refractivity contribution < 1.29 is 4.79 Å². The molecule has 1 aromatic carbocycles. The number of likely N-dealkylation sites (tertiary alicyclic amines) is 1. The summed E-state index contributed by atoms with van der Waals surface area (Å²) in [5, 5.41) is 3.02. The molecule has 0 bridgehead atoms. The van der Waals surface area contributed by atoms with Crippen LogP contribution in [0.25, 0.3) is 0 Å². The number of benzene rings is 1. The number of amides is 1. The van der Waals surface area contributed by atoms with Crippen LogP contribution in [0.1, 0.15) is 50.5 Å². The van der Waals surface area contributed by atoms with Crippen LogP contribution in [0, 0.1) is 11.8 Å². The van der Waals surface area contributed by atoms with Crippen LogP contribution in [0.15, 0.2) is 54.9 Å². The van der Waals surface area contributed by atoms with Gasteiger partial charge in [-0.2, -0.15) is 0 Å². The van der Waals surface area contributed by atoms with Gasteiger partial charge in [0.05, 0.1) is 0 Å². The van der Waals surface area contributed by atoms with E-state index >= 15 is 0 Å². The molecule has 0 unspecified atom stereocenters. The van der Waals surface area contributed by atoms with Crippen molar-refractivity contribution in [2.45, 2.75) is 63.6 Å². The van der Waals surface area contributed by atoms with Crippen LogP contribution >= 0.6 is 0 Å². The summed E-state index contributed by atoms with van der Waals surface area (Å²) < 4.78 is 0. The molecule has 3 saturated heterocycles. The molecule has 2 aromatic rings. The number of nitrogens with one attached hydrogen (secondary N) is 1. The zero-order valence-corrected chi connectivity index (χ0v) is 19.0. The Balaban J connectivity index is 1.26. The Morgan fingerprint density at radius 3 is 2.62 bits per heavy atom. The number of carbonyl (C=O) groups is 1. The second-order valence-corrected chi connectivity index (χ2v) is 9.89. The quantitative estimate of drug-likeness (QED) is 0.697. The summed E-state index contributed by atoms with van der Waals surface area (Å²) in [4.78, 5) is 22.1. The molecule has 0 radical (unpaired) electrons. The fourth-order valence-corrected chi connectivity index (χ4v) is 6.61. The fraction of sp³-hybridized carbons (Fsp3) is 0.556. The Kier molecular flexibility index (Phi) is 6.84. The molecule has 170 valence electrons. The highest BCUT2D eigenvalue weighted by molar-refractivity contribution is 5.90. The first-order valence-electron chi connectivity index (χ1n) is 12.5. The maximum Gasteiger partial charge on any atom is 0.224 e. The van der Waals surface area contributed by atoms with Crippen molar-refractivity contribution in [2.75, 3.05) is 25.0 Å². The van der Waals surface area contributed by atoms with E-state index in [0.29, 0.717) is 12.5 Å². The van der Waals surface area contributed by atoms with Crippen LogP contribution in [-0.4, -0.2) is 52.4 Å². The number of hydrogen-bond donors (Lipinski definition) is 1. The van der Waals surface area contributed by atoms with Gasteiger partial charge < -0.3 is 5.32 Å². The van der Waals surface area contributed by atoms with E-state index in [-0.39, 0.29) is 5.91 Å². The molecule has 5 nitrogen and oxygen atoms in total. The molecule has 3 aliphatic heterocycles. The summed E-state index contributed by atoms with van der Waals surface area (Å²) in [5.74, 6) is 1.67. The number of pyridine rings is 1. The summed E-state index contributed by atoms with van der Waals surface area (Å²) in [7, 11) is 0. The van der Waals surface area contributed by atoms with Crippen LogP contribution in [-0.2, 0) is 11.3 Å². The molecular weight excluding hydrogens is 396 g/mol. The third-order valence-corrected chi connectivity index (χ3v) is 7.87. The first kappa shape index (κ1) is 21.6. The van der Waals surface area contributed by atoms with E-state index in [2.05, 4.69) is 50.4 Å². The Bertz CT molecular complexity index is 872. The largest absolute Gasteiger partial charge is 0.326 e. The number of rotatable bonds is 7. The van der Waals surface area contributed by atoms with Gasteiger partial charge in [0.15, 0.2) is 0 Å². The van der Waals surface area contributed by atoms with Crippen molar-refractivity contribution in [1.82, 2.24) is 14.8 Å². The number of anilines is 1. The van der Waals surface area contributed by atoms with Gasteiger partial charge in [-0.05, 0) is 81.1 Å². The maximum atomic E-state index is 12.5. The van der Waals surface area contributed by atoms with Gasteiger partial charge in [-0.15, -0.1) is 0 Å². The monoisotopic (exact) mass is 432 g/mol. The third-order valence-electron chi connectivity index (χ3n) is 7.87. The molecule has 5 rings (SSSR count). The summed E-state index contributed by atoms with van der Waals surface area (Å²) in [6.45, 7) is 4.82. The zero-order chi connectivity index (χ0) is 21.8. The molecule has 1 amide bonds. The Labute approximate surface area is 192 Å². The summed E-state index contributed by atoms with van der Waals surface area (Å²) >= 11 is 0. The van der Waals surface area contributed by atoms with Crippen molar-refractivity contribution in [1.29, 1.82) is 0 Å². The minimum atomic E-state index is 0.113. The van der Waals surface area contributed by atoms with Crippen molar-refractivity contribution in [3.63, 3.8) is 0 Å². The first-order chi connectivity index (χ1) is 15.8. The van der Waals surface area contributed by atoms with Gasteiger partial charge in [-0.3, -0.25) is 19.6 Å². The van der Waals surface area contributed by atoms with Gasteiger partial charge in [0.2, 0.25) is 5.91 Å². The van der Waals surface area contributed by atoms with Crippen LogP contribution in [0.4, 0.5) is 5.69 Å². The van der Waals surface area contributed by atoms with E-state index in [0.717, 1.165) is 43.0 Å². The molecule has 0 spiro atoms. The smallest absolute Gasteiger partial charge is 0.224 e. The number of aromatic nitrogens is 1. The molecule has 1 aromatic heterocycles. The van der Waals surface area contributed by atoms with Crippen molar-refractivity contribution in [3.8, 4) is 0 Å². The van der Waals surface area contributed by atoms with Gasteiger partial charge in [0.25, 0.3) is 0 Å². The normalized spacial score (nSPS) is 28.1. The fourth-order valence-electron chi connectivity index (χ4n) is 6.61. The highest BCUT2D eigenvalue weighted by atomic mass is 16.1. The first-order valence-corrected chi connectivity index (χ1v) is 12.5. The number of piperidine rings is 3. The number of nitrogens with zero attached hydrogens (tertiary/aromatic N) is 3. The van der Waals surface area contributed by atoms with Crippen molar-refractivity contribution in [2.24, 2.45) is 11.8 Å². The van der Waals surface area contributed by atoms with Gasteiger partial charge >= 0.3 is 0 Å². The van der Waals surface area contributed by atoms with E-state index in [1.807, 2.05) is 12.1 Å². The second kappa shape index (κ2) is 10.1. The molecule has 1 N–H and O–H groups in total. The van der Waals surface area contributed by atoms with E-state index in [1.165, 1.54) is 50.9 Å². The highest BCUT2D eigenvalue weighted by Crippen LogP contribution is 2.43. The topological polar surface area (TPSA) is 48.5 Å². The standard InChI is InChI=1S/C27H36N4O/c32-26(29-23-13-15-28-16-14-23)12-4-11-25-24-10-6-18-30-17-5-9-22(27(24)30)20-31(25)19-21-7-2-1-3-8-21/h1-3,7-8,13-16,22,24-25,27H,4-6,9-12,17-20H2,(H,28,29,32)/t22-,24+,25+,27-/m0/s1. The lowest BCUT2D eigenvalue weighted by Gasteiger charge is -2.57. The highest BCUT2D eigenvalue weighted by Gasteiger charge is 2.48. The molecule has 0 saturated carbocycles. The molecule has 3 aliphatic rings. The van der Waals surface area contributed by atoms with Gasteiger partial charge in [-0.25, -0.2) is 0 Å². The minimum absolute atomic E-state index is 0.113. The molecule has 0 aliphatic carbocycles. The van der Waals surface area contributed by atoms with Crippen LogP contribution in [0.5, 0.6) is 0 Å². The lowest BCUT2D eigenvalue weighted by atomic mass is 9.69. The molecule has 32 heavy (non-hydrogen) atoms. The van der Waals surface area contributed by atoms with E-state index < -0.39 is 0 Å². The Morgan fingerprint density at radius 1 is 1.03 bits per heavy atom. The summed E-state index contributed by atoms with van der Waals surface area (Å²) in [6.07, 6.45) is 11.5. The van der Waals surface area contributed by atoms with Gasteiger partial charge in [0, 0.05) is 49.7 Å². The summed E-state index contributed by atoms with van der Waals surface area (Å²) in [6, 6.07) is 16.0. The van der Waals surface area contributed by atoms with E-state index in [4.69, 9.17) is 0 Å². The average molecular weight is 433 g/mol.